The molecule has 1 amide bonds. The van der Waals surface area contributed by atoms with E-state index >= 15 is 0 Å². The van der Waals surface area contributed by atoms with Gasteiger partial charge in [0.1, 0.15) is 6.61 Å². The molecule has 0 bridgehead atoms. The Morgan fingerprint density at radius 3 is 2.86 bits per heavy atom. The lowest BCUT2D eigenvalue weighted by Crippen LogP contribution is -2.39. The van der Waals surface area contributed by atoms with Crippen molar-refractivity contribution in [1.29, 1.82) is 0 Å². The van der Waals surface area contributed by atoms with E-state index in [4.69, 9.17) is 5.11 Å². The lowest BCUT2D eigenvalue weighted by atomic mass is 10.1. The molecule has 4 heteroatoms. The van der Waals surface area contributed by atoms with E-state index < -0.39 is 0 Å². The topological polar surface area (TPSA) is 53.4 Å². The third-order valence-corrected chi connectivity index (χ3v) is 3.49. The average molecular weight is 288 g/mol. The summed E-state index contributed by atoms with van der Waals surface area (Å²) < 4.78 is 0. The molecular formula is C17H24N2O2. The Bertz CT molecular complexity index is 517. The first kappa shape index (κ1) is 17.2. The van der Waals surface area contributed by atoms with Crippen molar-refractivity contribution < 1.29 is 9.90 Å². The Hall–Kier alpha value is -1.86. The van der Waals surface area contributed by atoms with Crippen LogP contribution in [0.3, 0.4) is 0 Å². The molecule has 0 fully saturated rings. The minimum Gasteiger partial charge on any atom is -0.384 e. The quantitative estimate of drug-likeness (QED) is 0.818. The Labute approximate surface area is 127 Å². The van der Waals surface area contributed by atoms with Gasteiger partial charge in [0.2, 0.25) is 0 Å². The van der Waals surface area contributed by atoms with Crippen molar-refractivity contribution >= 4 is 5.91 Å². The highest BCUT2D eigenvalue weighted by Crippen LogP contribution is 2.14. The van der Waals surface area contributed by atoms with Gasteiger partial charge in [0, 0.05) is 25.0 Å². The molecule has 1 aromatic heterocycles. The first-order valence-corrected chi connectivity index (χ1v) is 7.50. The summed E-state index contributed by atoms with van der Waals surface area (Å²) in [5.74, 6) is 5.37. The fourth-order valence-electron chi connectivity index (χ4n) is 2.04. The summed E-state index contributed by atoms with van der Waals surface area (Å²) in [5, 5.41) is 8.82. The van der Waals surface area contributed by atoms with E-state index in [9.17, 15) is 4.79 Å². The number of hydrogen-bond donors (Lipinski definition) is 1. The van der Waals surface area contributed by atoms with Gasteiger partial charge in [0.15, 0.2) is 0 Å². The zero-order valence-electron chi connectivity index (χ0n) is 13.1. The smallest absolute Gasteiger partial charge is 0.255 e. The van der Waals surface area contributed by atoms with Crippen LogP contribution in [-0.2, 0) is 0 Å². The second-order valence-corrected chi connectivity index (χ2v) is 4.99. The summed E-state index contributed by atoms with van der Waals surface area (Å²) in [6, 6.07) is 1.89. The lowest BCUT2D eigenvalue weighted by molar-refractivity contribution is 0.0685. The minimum absolute atomic E-state index is 0.0116. The average Bonchev–Trinajstić information content (AvgIpc) is 2.52. The van der Waals surface area contributed by atoms with E-state index in [2.05, 4.69) is 37.6 Å². The van der Waals surface area contributed by atoms with Crippen molar-refractivity contribution in [1.82, 2.24) is 9.88 Å². The number of nitrogens with zero attached hydrogens (tertiary/aromatic N) is 2. The van der Waals surface area contributed by atoms with Crippen molar-refractivity contribution in [2.75, 3.05) is 13.2 Å². The van der Waals surface area contributed by atoms with Crippen molar-refractivity contribution in [3.63, 3.8) is 0 Å². The van der Waals surface area contributed by atoms with Crippen LogP contribution in [-0.4, -0.2) is 40.1 Å². The summed E-state index contributed by atoms with van der Waals surface area (Å²) in [6.07, 6.45) is 6.13. The standard InChI is InChI=1S/C17H24N2O2/c1-4-6-11-19(14(3)5-2)17(21)16-9-10-18-13-15(16)8-7-12-20/h9-10,13-14,20H,4-6,11-12H2,1-3H3. The second kappa shape index (κ2) is 9.15. The molecule has 0 spiro atoms. The molecule has 1 N–H and O–H groups in total. The third-order valence-electron chi connectivity index (χ3n) is 3.49. The summed E-state index contributed by atoms with van der Waals surface area (Å²) in [6.45, 7) is 6.78. The van der Waals surface area contributed by atoms with Crippen molar-refractivity contribution in [3.8, 4) is 11.8 Å². The highest BCUT2D eigenvalue weighted by molar-refractivity contribution is 5.96. The summed E-state index contributed by atoms with van der Waals surface area (Å²) in [4.78, 5) is 18.7. The number of aliphatic hydroxyl groups excluding tert-OH is 1. The Balaban J connectivity index is 3.08. The largest absolute Gasteiger partial charge is 0.384 e. The number of pyridine rings is 1. The highest BCUT2D eigenvalue weighted by atomic mass is 16.2. The van der Waals surface area contributed by atoms with Crippen molar-refractivity contribution in [2.45, 2.75) is 46.1 Å². The van der Waals surface area contributed by atoms with Gasteiger partial charge in [-0.3, -0.25) is 9.78 Å². The summed E-state index contributed by atoms with van der Waals surface area (Å²) in [5.41, 5.74) is 1.13. The van der Waals surface area contributed by atoms with Gasteiger partial charge in [-0.25, -0.2) is 0 Å². The Morgan fingerprint density at radius 2 is 2.24 bits per heavy atom. The normalized spacial score (nSPS) is 11.4. The monoisotopic (exact) mass is 288 g/mol. The van der Waals surface area contributed by atoms with Crippen LogP contribution >= 0.6 is 0 Å². The Morgan fingerprint density at radius 1 is 1.48 bits per heavy atom. The van der Waals surface area contributed by atoms with E-state index in [1.54, 1.807) is 18.5 Å². The molecule has 0 radical (unpaired) electrons. The number of aliphatic hydroxyl groups is 1. The molecule has 0 aliphatic rings. The molecule has 1 heterocycles. The van der Waals surface area contributed by atoms with E-state index in [0.717, 1.165) is 25.8 Å². The van der Waals surface area contributed by atoms with Gasteiger partial charge in [0.25, 0.3) is 5.91 Å². The van der Waals surface area contributed by atoms with Gasteiger partial charge < -0.3 is 10.0 Å². The first-order chi connectivity index (χ1) is 10.2. The van der Waals surface area contributed by atoms with E-state index in [0.29, 0.717) is 11.1 Å². The zero-order chi connectivity index (χ0) is 15.7. The maximum atomic E-state index is 12.8. The van der Waals surface area contributed by atoms with Crippen molar-refractivity contribution in [2.24, 2.45) is 0 Å². The molecule has 0 aliphatic carbocycles. The molecule has 1 atom stereocenters. The molecule has 0 aliphatic heterocycles. The number of carbonyl (C=O) groups excluding carboxylic acids is 1. The SMILES string of the molecule is CCCCN(C(=O)c1ccncc1C#CCO)C(C)CC. The molecule has 21 heavy (non-hydrogen) atoms. The van der Waals surface area contributed by atoms with Crippen LogP contribution in [0.2, 0.25) is 0 Å². The maximum Gasteiger partial charge on any atom is 0.255 e. The fourth-order valence-corrected chi connectivity index (χ4v) is 2.04. The van der Waals surface area contributed by atoms with Crippen LogP contribution in [0.5, 0.6) is 0 Å². The zero-order valence-corrected chi connectivity index (χ0v) is 13.1. The number of rotatable bonds is 6. The number of carbonyl (C=O) groups is 1. The molecular weight excluding hydrogens is 264 g/mol. The van der Waals surface area contributed by atoms with Crippen molar-refractivity contribution in [3.05, 3.63) is 29.6 Å². The summed E-state index contributed by atoms with van der Waals surface area (Å²) in [7, 11) is 0. The van der Waals surface area contributed by atoms with Gasteiger partial charge in [-0.05, 0) is 25.8 Å². The van der Waals surface area contributed by atoms with Crippen LogP contribution < -0.4 is 0 Å². The van der Waals surface area contributed by atoms with E-state index in [1.807, 2.05) is 4.90 Å². The molecule has 1 rings (SSSR count). The van der Waals surface area contributed by atoms with Crippen LogP contribution in [0.25, 0.3) is 0 Å². The second-order valence-electron chi connectivity index (χ2n) is 4.99. The van der Waals surface area contributed by atoms with Gasteiger partial charge in [-0.15, -0.1) is 0 Å². The fraction of sp³-hybridized carbons (Fsp3) is 0.529. The number of unbranched alkanes of at least 4 members (excludes halogenated alkanes) is 1. The predicted molar refractivity (Wildman–Crippen MR) is 83.9 cm³/mol. The first-order valence-electron chi connectivity index (χ1n) is 7.50. The molecule has 4 nitrogen and oxygen atoms in total. The number of aromatic nitrogens is 1. The van der Waals surface area contributed by atoms with Crippen LogP contribution in [0.15, 0.2) is 18.5 Å². The van der Waals surface area contributed by atoms with E-state index in [-0.39, 0.29) is 18.6 Å². The Kier molecular flexibility index (Phi) is 7.49. The molecule has 1 aromatic rings. The number of hydrogen-bond acceptors (Lipinski definition) is 3. The molecule has 1 unspecified atom stereocenters. The van der Waals surface area contributed by atoms with E-state index in [1.165, 1.54) is 0 Å². The van der Waals surface area contributed by atoms with Gasteiger partial charge in [-0.2, -0.15) is 0 Å². The lowest BCUT2D eigenvalue weighted by Gasteiger charge is -2.29. The molecule has 0 saturated carbocycles. The molecule has 114 valence electrons. The maximum absolute atomic E-state index is 12.8. The molecule has 0 saturated heterocycles. The van der Waals surface area contributed by atoms with Gasteiger partial charge in [-0.1, -0.05) is 32.1 Å². The highest BCUT2D eigenvalue weighted by Gasteiger charge is 2.21. The van der Waals surface area contributed by atoms with Crippen LogP contribution in [0, 0.1) is 11.8 Å². The minimum atomic E-state index is -0.229. The summed E-state index contributed by atoms with van der Waals surface area (Å²) >= 11 is 0. The number of amides is 1. The third kappa shape index (κ3) is 4.87. The molecule has 0 aromatic carbocycles. The predicted octanol–water partition coefficient (Wildman–Crippen LogP) is 2.47. The van der Waals surface area contributed by atoms with Crippen LogP contribution in [0.4, 0.5) is 0 Å². The van der Waals surface area contributed by atoms with Crippen LogP contribution in [0.1, 0.15) is 56.0 Å². The van der Waals surface area contributed by atoms with Gasteiger partial charge in [0.05, 0.1) is 11.1 Å². The van der Waals surface area contributed by atoms with Gasteiger partial charge >= 0.3 is 0 Å².